The van der Waals surface area contributed by atoms with Gasteiger partial charge in [-0.1, -0.05) is 18.2 Å². The SMILES string of the molecule is O=C(CCn1cccn1)N[C@@H](c1cnc2ccccc2c1)C1CC(O)C1. The summed E-state index contributed by atoms with van der Waals surface area (Å²) >= 11 is 0. The Hall–Kier alpha value is -2.73. The zero-order valence-electron chi connectivity index (χ0n) is 14.5. The molecule has 1 aromatic carbocycles. The zero-order chi connectivity index (χ0) is 17.9. The standard InChI is InChI=1S/C20H22N4O2/c25-17-11-15(12-17)20(23-19(26)6-9-24-8-3-7-22-24)16-10-14-4-1-2-5-18(14)21-13-16/h1-5,7-8,10,13,15,17,20,25H,6,9,11-12H2,(H,23,26)/t15?,17?,20-/m1/s1. The average molecular weight is 350 g/mol. The lowest BCUT2D eigenvalue weighted by Gasteiger charge is -2.38. The number of carbonyl (C=O) groups excluding carboxylic acids is 1. The molecule has 2 N–H and O–H groups in total. The first-order chi connectivity index (χ1) is 12.7. The summed E-state index contributed by atoms with van der Waals surface area (Å²) in [5, 5.41) is 18.0. The fourth-order valence-corrected chi connectivity index (χ4v) is 3.53. The fraction of sp³-hybridized carbons (Fsp3) is 0.350. The summed E-state index contributed by atoms with van der Waals surface area (Å²) in [6.07, 6.45) is 6.91. The van der Waals surface area contributed by atoms with Crippen molar-refractivity contribution in [2.24, 2.45) is 5.92 Å². The highest BCUT2D eigenvalue weighted by atomic mass is 16.3. The van der Waals surface area contributed by atoms with Crippen LogP contribution >= 0.6 is 0 Å². The van der Waals surface area contributed by atoms with E-state index in [0.29, 0.717) is 25.8 Å². The van der Waals surface area contributed by atoms with Gasteiger partial charge in [0.15, 0.2) is 0 Å². The Kier molecular flexibility index (Phi) is 4.67. The topological polar surface area (TPSA) is 80.0 Å². The maximum Gasteiger partial charge on any atom is 0.222 e. The molecule has 1 aliphatic carbocycles. The highest BCUT2D eigenvalue weighted by molar-refractivity contribution is 5.80. The summed E-state index contributed by atoms with van der Waals surface area (Å²) in [6.45, 7) is 0.550. The van der Waals surface area contributed by atoms with Crippen LogP contribution in [0.1, 0.15) is 30.9 Å². The van der Waals surface area contributed by atoms with Crippen LogP contribution < -0.4 is 5.32 Å². The normalized spacial score (nSPS) is 20.5. The number of pyridine rings is 1. The number of fused-ring (bicyclic) bond motifs is 1. The number of aliphatic hydroxyl groups excluding tert-OH is 1. The first kappa shape index (κ1) is 16.7. The van der Waals surface area contributed by atoms with Crippen molar-refractivity contribution in [2.75, 3.05) is 0 Å². The first-order valence-corrected chi connectivity index (χ1v) is 8.98. The van der Waals surface area contributed by atoms with Gasteiger partial charge in [-0.3, -0.25) is 14.5 Å². The summed E-state index contributed by atoms with van der Waals surface area (Å²) < 4.78 is 1.75. The van der Waals surface area contributed by atoms with E-state index in [1.54, 1.807) is 10.9 Å². The van der Waals surface area contributed by atoms with Gasteiger partial charge in [-0.15, -0.1) is 0 Å². The smallest absolute Gasteiger partial charge is 0.222 e. The van der Waals surface area contributed by atoms with Crippen LogP contribution in [-0.2, 0) is 11.3 Å². The minimum atomic E-state index is -0.267. The van der Waals surface area contributed by atoms with Crippen LogP contribution in [0, 0.1) is 5.92 Å². The molecule has 6 heteroatoms. The van der Waals surface area contributed by atoms with Crippen LogP contribution in [0.25, 0.3) is 10.9 Å². The van der Waals surface area contributed by atoms with Crippen molar-refractivity contribution in [3.05, 3.63) is 60.6 Å². The molecule has 1 aliphatic rings. The number of amides is 1. The molecule has 1 atom stereocenters. The number of rotatable bonds is 6. The van der Waals surface area contributed by atoms with E-state index in [4.69, 9.17) is 0 Å². The van der Waals surface area contributed by atoms with Crippen LogP contribution in [0.4, 0.5) is 0 Å². The molecule has 0 spiro atoms. The van der Waals surface area contributed by atoms with E-state index >= 15 is 0 Å². The monoisotopic (exact) mass is 350 g/mol. The molecule has 0 aliphatic heterocycles. The molecule has 4 rings (SSSR count). The molecular weight excluding hydrogens is 328 g/mol. The fourth-order valence-electron chi connectivity index (χ4n) is 3.53. The molecule has 1 amide bonds. The van der Waals surface area contributed by atoms with Crippen molar-refractivity contribution < 1.29 is 9.90 Å². The van der Waals surface area contributed by atoms with Crippen molar-refractivity contribution in [1.29, 1.82) is 0 Å². The quantitative estimate of drug-likeness (QED) is 0.716. The van der Waals surface area contributed by atoms with E-state index in [1.165, 1.54) is 0 Å². The van der Waals surface area contributed by atoms with E-state index in [0.717, 1.165) is 16.5 Å². The number of carbonyl (C=O) groups is 1. The highest BCUT2D eigenvalue weighted by Crippen LogP contribution is 2.38. The van der Waals surface area contributed by atoms with Gasteiger partial charge in [0.25, 0.3) is 0 Å². The van der Waals surface area contributed by atoms with Crippen LogP contribution in [0.3, 0.4) is 0 Å². The number of hydrogen-bond donors (Lipinski definition) is 2. The van der Waals surface area contributed by atoms with Crippen LogP contribution in [0.2, 0.25) is 0 Å². The average Bonchev–Trinajstić information content (AvgIpc) is 3.15. The largest absolute Gasteiger partial charge is 0.393 e. The van der Waals surface area contributed by atoms with Crippen LogP contribution in [0.5, 0.6) is 0 Å². The van der Waals surface area contributed by atoms with Crippen molar-refractivity contribution in [2.45, 2.75) is 38.0 Å². The summed E-state index contributed by atoms with van der Waals surface area (Å²) in [4.78, 5) is 17.0. The third-order valence-electron chi connectivity index (χ3n) is 5.04. The highest BCUT2D eigenvalue weighted by Gasteiger charge is 2.35. The Morgan fingerprint density at radius 3 is 2.92 bits per heavy atom. The molecule has 0 bridgehead atoms. The number of nitrogens with one attached hydrogen (secondary N) is 1. The second-order valence-corrected chi connectivity index (χ2v) is 6.91. The molecule has 0 saturated heterocycles. The second kappa shape index (κ2) is 7.25. The molecule has 134 valence electrons. The molecule has 26 heavy (non-hydrogen) atoms. The minimum absolute atomic E-state index is 0.0138. The molecule has 1 saturated carbocycles. The van der Waals surface area contributed by atoms with E-state index in [1.807, 2.05) is 42.7 Å². The van der Waals surface area contributed by atoms with Crippen LogP contribution in [-0.4, -0.2) is 31.9 Å². The Morgan fingerprint density at radius 1 is 1.31 bits per heavy atom. The molecule has 0 unspecified atom stereocenters. The van der Waals surface area contributed by atoms with Crippen molar-refractivity contribution in [3.63, 3.8) is 0 Å². The van der Waals surface area contributed by atoms with E-state index in [9.17, 15) is 9.90 Å². The number of aliphatic hydroxyl groups is 1. The molecular formula is C20H22N4O2. The number of aryl methyl sites for hydroxylation is 1. The maximum absolute atomic E-state index is 12.5. The van der Waals surface area contributed by atoms with Crippen molar-refractivity contribution in [1.82, 2.24) is 20.1 Å². The lowest BCUT2D eigenvalue weighted by molar-refractivity contribution is -0.123. The first-order valence-electron chi connectivity index (χ1n) is 8.98. The number of nitrogens with zero attached hydrogens (tertiary/aromatic N) is 3. The van der Waals surface area contributed by atoms with Gasteiger partial charge in [-0.25, -0.2) is 0 Å². The number of hydrogen-bond acceptors (Lipinski definition) is 4. The van der Waals surface area contributed by atoms with Gasteiger partial charge in [0.05, 0.1) is 17.7 Å². The lowest BCUT2D eigenvalue weighted by Crippen LogP contribution is -2.41. The predicted molar refractivity (Wildman–Crippen MR) is 98.2 cm³/mol. The molecule has 0 radical (unpaired) electrons. The molecule has 2 heterocycles. The van der Waals surface area contributed by atoms with E-state index in [2.05, 4.69) is 21.5 Å². The van der Waals surface area contributed by atoms with E-state index in [-0.39, 0.29) is 24.0 Å². The third kappa shape index (κ3) is 3.60. The van der Waals surface area contributed by atoms with Gasteiger partial charge in [-0.05, 0) is 42.5 Å². The molecule has 6 nitrogen and oxygen atoms in total. The Balaban J connectivity index is 1.50. The molecule has 2 aromatic heterocycles. The molecule has 3 aromatic rings. The Morgan fingerprint density at radius 2 is 2.15 bits per heavy atom. The predicted octanol–water partition coefficient (Wildman–Crippen LogP) is 2.45. The van der Waals surface area contributed by atoms with Gasteiger partial charge >= 0.3 is 0 Å². The van der Waals surface area contributed by atoms with Crippen molar-refractivity contribution >= 4 is 16.8 Å². The summed E-state index contributed by atoms with van der Waals surface area (Å²) in [5.74, 6) is 0.224. The minimum Gasteiger partial charge on any atom is -0.393 e. The third-order valence-corrected chi connectivity index (χ3v) is 5.04. The maximum atomic E-state index is 12.5. The van der Waals surface area contributed by atoms with Crippen molar-refractivity contribution in [3.8, 4) is 0 Å². The summed E-state index contributed by atoms with van der Waals surface area (Å²) in [7, 11) is 0. The van der Waals surface area contributed by atoms with E-state index < -0.39 is 0 Å². The van der Waals surface area contributed by atoms with Gasteiger partial charge in [-0.2, -0.15) is 5.10 Å². The van der Waals surface area contributed by atoms with Gasteiger partial charge < -0.3 is 10.4 Å². The number of aromatic nitrogens is 3. The van der Waals surface area contributed by atoms with Crippen LogP contribution in [0.15, 0.2) is 55.0 Å². The summed E-state index contributed by atoms with van der Waals surface area (Å²) in [5.41, 5.74) is 1.93. The zero-order valence-corrected chi connectivity index (χ0v) is 14.5. The van der Waals surface area contributed by atoms with Gasteiger partial charge in [0, 0.05) is 36.9 Å². The Labute approximate surface area is 151 Å². The summed E-state index contributed by atoms with van der Waals surface area (Å²) in [6, 6.07) is 11.8. The number of para-hydroxylation sites is 1. The second-order valence-electron chi connectivity index (χ2n) is 6.91. The Bertz CT molecular complexity index is 888. The van der Waals surface area contributed by atoms with Gasteiger partial charge in [0.2, 0.25) is 5.91 Å². The lowest BCUT2D eigenvalue weighted by atomic mass is 9.75. The number of benzene rings is 1. The molecule has 1 fully saturated rings. The van der Waals surface area contributed by atoms with Gasteiger partial charge in [0.1, 0.15) is 0 Å².